The summed E-state index contributed by atoms with van der Waals surface area (Å²) in [6.45, 7) is 0. The van der Waals surface area contributed by atoms with Crippen molar-refractivity contribution in [3.8, 4) is 0 Å². The average molecular weight is 608 g/mol. The Morgan fingerprint density at radius 1 is 0.864 bits per heavy atom. The van der Waals surface area contributed by atoms with Gasteiger partial charge in [0.1, 0.15) is 17.3 Å². The molecule has 0 unspecified atom stereocenters. The van der Waals surface area contributed by atoms with Crippen LogP contribution in [0.2, 0.25) is 0 Å². The summed E-state index contributed by atoms with van der Waals surface area (Å²) in [6, 6.07) is 30.0. The third-order valence-corrected chi connectivity index (χ3v) is 7.25. The van der Waals surface area contributed by atoms with Crippen molar-refractivity contribution in [1.29, 1.82) is 0 Å². The van der Waals surface area contributed by atoms with Gasteiger partial charge in [-0.3, -0.25) is 19.2 Å². The lowest BCUT2D eigenvalue weighted by Crippen LogP contribution is -2.31. The van der Waals surface area contributed by atoms with Crippen molar-refractivity contribution in [3.05, 3.63) is 132 Å². The van der Waals surface area contributed by atoms with E-state index >= 15 is 0 Å². The van der Waals surface area contributed by atoms with Crippen LogP contribution in [0.4, 0.5) is 15.8 Å². The van der Waals surface area contributed by atoms with Crippen molar-refractivity contribution in [2.24, 2.45) is 5.10 Å². The van der Waals surface area contributed by atoms with Crippen molar-refractivity contribution in [2.75, 3.05) is 16.1 Å². The highest BCUT2D eigenvalue weighted by Crippen LogP contribution is 2.23. The van der Waals surface area contributed by atoms with Crippen molar-refractivity contribution in [3.63, 3.8) is 0 Å². The van der Waals surface area contributed by atoms with Crippen LogP contribution in [0, 0.1) is 5.82 Å². The first kappa shape index (κ1) is 29.9. The molecule has 0 saturated carbocycles. The molecule has 4 aromatic carbocycles. The van der Waals surface area contributed by atoms with Gasteiger partial charge in [-0.2, -0.15) is 10.1 Å². The highest BCUT2D eigenvalue weighted by molar-refractivity contribution is 8.00. The second kappa shape index (κ2) is 14.1. The number of nitrogens with one attached hydrogen (secondary N) is 3. The molecule has 44 heavy (non-hydrogen) atoms. The lowest BCUT2D eigenvalue weighted by Gasteiger charge is -2.12. The van der Waals surface area contributed by atoms with E-state index in [1.807, 2.05) is 6.07 Å². The van der Waals surface area contributed by atoms with Crippen LogP contribution in [0.1, 0.15) is 22.3 Å². The summed E-state index contributed by atoms with van der Waals surface area (Å²) in [6.07, 6.45) is 1.25. The highest BCUT2D eigenvalue weighted by atomic mass is 32.2. The minimum absolute atomic E-state index is 0.0175. The first-order valence-corrected chi connectivity index (χ1v) is 14.5. The van der Waals surface area contributed by atoms with E-state index in [4.69, 9.17) is 0 Å². The van der Waals surface area contributed by atoms with Gasteiger partial charge in [-0.1, -0.05) is 60.7 Å². The van der Waals surface area contributed by atoms with Crippen LogP contribution < -0.4 is 21.0 Å². The molecule has 220 valence electrons. The number of amides is 4. The van der Waals surface area contributed by atoms with Crippen molar-refractivity contribution in [2.45, 2.75) is 11.3 Å². The number of carbonyl (C=O) groups is 4. The van der Waals surface area contributed by atoms with Crippen LogP contribution in [0.15, 0.2) is 125 Å². The third kappa shape index (κ3) is 7.84. The molecule has 0 atom stereocenters. The summed E-state index contributed by atoms with van der Waals surface area (Å²) < 4.78 is 14.4. The Kier molecular flexibility index (Phi) is 9.57. The van der Waals surface area contributed by atoms with Gasteiger partial charge in [-0.05, 0) is 54.6 Å². The maximum atomic E-state index is 14.4. The minimum atomic E-state index is -0.663. The molecule has 11 heteroatoms. The average Bonchev–Trinajstić information content (AvgIpc) is 3.41. The highest BCUT2D eigenvalue weighted by Gasteiger charge is 2.26. The molecule has 0 spiro atoms. The number of benzene rings is 4. The third-order valence-electron chi connectivity index (χ3n) is 6.26. The second-order valence-electron chi connectivity index (χ2n) is 9.48. The summed E-state index contributed by atoms with van der Waals surface area (Å²) in [5, 5.41) is 13.5. The van der Waals surface area contributed by atoms with Crippen molar-refractivity contribution in [1.82, 2.24) is 10.6 Å². The van der Waals surface area contributed by atoms with Gasteiger partial charge in [0.2, 0.25) is 5.91 Å². The van der Waals surface area contributed by atoms with Gasteiger partial charge < -0.3 is 16.0 Å². The normalized spacial score (nSPS) is 12.8. The summed E-state index contributed by atoms with van der Waals surface area (Å²) in [5.41, 5.74) is 1.32. The van der Waals surface area contributed by atoms with Gasteiger partial charge in [0.05, 0.1) is 17.9 Å². The van der Waals surface area contributed by atoms with E-state index in [1.54, 1.807) is 84.9 Å². The lowest BCUT2D eigenvalue weighted by molar-refractivity contribution is -0.117. The molecular weight excluding hydrogens is 581 g/mol. The molecule has 0 saturated heterocycles. The molecular formula is C33H26FN5O4S. The SMILES string of the molecule is O=C(CSc1cccc(NC(=O)/C(=C/c2ccccc2F)NC(=O)c2ccccc2)c1)NC1=NN(c2ccccc2)C(=O)C1. The van der Waals surface area contributed by atoms with Gasteiger partial charge in [-0.15, -0.1) is 11.8 Å². The first-order chi connectivity index (χ1) is 21.4. The minimum Gasteiger partial charge on any atom is -0.321 e. The van der Waals surface area contributed by atoms with Crippen molar-refractivity contribution >= 4 is 58.7 Å². The number of thioether (sulfide) groups is 1. The van der Waals surface area contributed by atoms with E-state index in [2.05, 4.69) is 21.1 Å². The fourth-order valence-corrected chi connectivity index (χ4v) is 4.92. The van der Waals surface area contributed by atoms with Crippen LogP contribution in [0.5, 0.6) is 0 Å². The topological polar surface area (TPSA) is 120 Å². The standard InChI is InChI=1S/C33H26FN5O4S/c34-27-17-8-7-12-23(27)18-28(36-32(42)22-10-3-1-4-11-22)33(43)35-24-13-9-16-26(19-24)44-21-30(40)37-29-20-31(41)39(38-29)25-14-5-2-6-15-25/h1-19H,20-21H2,(H,35,43)(H,36,42)(H,37,38,40)/b28-18-. The molecule has 0 radical (unpaired) electrons. The number of para-hydroxylation sites is 1. The van der Waals surface area contributed by atoms with Gasteiger partial charge in [0.25, 0.3) is 17.7 Å². The Bertz CT molecular complexity index is 1760. The Morgan fingerprint density at radius 3 is 2.32 bits per heavy atom. The van der Waals surface area contributed by atoms with Gasteiger partial charge in [-0.25, -0.2) is 4.39 Å². The number of hydrogen-bond acceptors (Lipinski definition) is 6. The molecule has 1 heterocycles. The largest absolute Gasteiger partial charge is 0.321 e. The van der Waals surface area contributed by atoms with E-state index in [0.717, 1.165) is 0 Å². The molecule has 0 aliphatic carbocycles. The summed E-state index contributed by atoms with van der Waals surface area (Å²) in [4.78, 5) is 51.7. The molecule has 1 aliphatic heterocycles. The molecule has 0 fully saturated rings. The number of hydrazone groups is 1. The number of rotatable bonds is 9. The fraction of sp³-hybridized carbons (Fsp3) is 0.0606. The van der Waals surface area contributed by atoms with E-state index in [-0.39, 0.29) is 41.1 Å². The van der Waals surface area contributed by atoms with Crippen molar-refractivity contribution < 1.29 is 23.6 Å². The second-order valence-corrected chi connectivity index (χ2v) is 10.5. The van der Waals surface area contributed by atoms with E-state index in [1.165, 1.54) is 41.0 Å². The predicted molar refractivity (Wildman–Crippen MR) is 168 cm³/mol. The molecule has 0 aromatic heterocycles. The van der Waals surface area contributed by atoms with Gasteiger partial charge in [0, 0.05) is 21.7 Å². The molecule has 5 rings (SSSR count). The fourth-order valence-electron chi connectivity index (χ4n) is 4.17. The monoisotopic (exact) mass is 607 g/mol. The lowest BCUT2D eigenvalue weighted by atomic mass is 10.1. The van der Waals surface area contributed by atoms with E-state index < -0.39 is 17.6 Å². The smallest absolute Gasteiger partial charge is 0.272 e. The summed E-state index contributed by atoms with van der Waals surface area (Å²) in [7, 11) is 0. The number of nitrogens with zero attached hydrogens (tertiary/aromatic N) is 2. The molecule has 4 amide bonds. The van der Waals surface area contributed by atoms with Crippen LogP contribution >= 0.6 is 11.8 Å². The van der Waals surface area contributed by atoms with Crippen LogP contribution in [-0.4, -0.2) is 35.2 Å². The van der Waals surface area contributed by atoms with Crippen LogP contribution in [0.25, 0.3) is 6.08 Å². The van der Waals surface area contributed by atoms with E-state index in [9.17, 15) is 23.6 Å². The molecule has 1 aliphatic rings. The predicted octanol–water partition coefficient (Wildman–Crippen LogP) is 5.19. The quantitative estimate of drug-likeness (QED) is 0.179. The number of halogens is 1. The number of carbonyl (C=O) groups excluding carboxylic acids is 4. The summed E-state index contributed by atoms with van der Waals surface area (Å²) >= 11 is 1.22. The number of amidine groups is 1. The first-order valence-electron chi connectivity index (χ1n) is 13.5. The molecule has 4 aromatic rings. The molecule has 9 nitrogen and oxygen atoms in total. The number of hydrogen-bond donors (Lipinski definition) is 3. The summed E-state index contributed by atoms with van der Waals surface area (Å²) in [5.74, 6) is -2.04. The van der Waals surface area contributed by atoms with Crippen LogP contribution in [-0.2, 0) is 14.4 Å². The molecule has 0 bridgehead atoms. The number of anilines is 2. The Labute approximate surface area is 256 Å². The van der Waals surface area contributed by atoms with E-state index in [0.29, 0.717) is 21.8 Å². The Hall–Kier alpha value is -5.55. The Balaban J connectivity index is 1.23. The van der Waals surface area contributed by atoms with Gasteiger partial charge in [0.15, 0.2) is 0 Å². The molecule has 3 N–H and O–H groups in total. The Morgan fingerprint density at radius 2 is 1.57 bits per heavy atom. The zero-order valence-corrected chi connectivity index (χ0v) is 24.0. The zero-order valence-electron chi connectivity index (χ0n) is 23.2. The van der Waals surface area contributed by atoms with Crippen LogP contribution in [0.3, 0.4) is 0 Å². The zero-order chi connectivity index (χ0) is 30.9. The maximum absolute atomic E-state index is 14.4. The van der Waals surface area contributed by atoms with Gasteiger partial charge >= 0.3 is 0 Å². The maximum Gasteiger partial charge on any atom is 0.272 e.